The van der Waals surface area contributed by atoms with E-state index in [-0.39, 0.29) is 11.6 Å². The minimum atomic E-state index is -4.38. The fourth-order valence-electron chi connectivity index (χ4n) is 1.08. The molecule has 0 spiro atoms. The van der Waals surface area contributed by atoms with Crippen LogP contribution in [0.2, 0.25) is 5.02 Å². The lowest BCUT2D eigenvalue weighted by Crippen LogP contribution is -2.04. The third-order valence-corrected chi connectivity index (χ3v) is 1.91. The molecule has 0 unspecified atom stereocenters. The molecule has 0 radical (unpaired) electrons. The first-order chi connectivity index (χ1) is 6.93. The molecule has 15 heavy (non-hydrogen) atoms. The Morgan fingerprint density at radius 1 is 1.27 bits per heavy atom. The van der Waals surface area contributed by atoms with Gasteiger partial charge in [0.15, 0.2) is 0 Å². The lowest BCUT2D eigenvalue weighted by atomic mass is 10.1. The zero-order valence-corrected chi connectivity index (χ0v) is 8.44. The Hall–Kier alpha value is -1.00. The summed E-state index contributed by atoms with van der Waals surface area (Å²) >= 11 is 5.57. The number of benzene rings is 1. The van der Waals surface area contributed by atoms with Crippen molar-refractivity contribution in [2.45, 2.75) is 6.18 Å². The smallest absolute Gasteiger partial charge is 0.327 e. The predicted molar refractivity (Wildman–Crippen MR) is 54.5 cm³/mol. The summed E-state index contributed by atoms with van der Waals surface area (Å²) in [7, 11) is 0. The van der Waals surface area contributed by atoms with Crippen molar-refractivity contribution in [2.24, 2.45) is 5.73 Å². The molecule has 0 aliphatic carbocycles. The van der Waals surface area contributed by atoms with Gasteiger partial charge in [-0.1, -0.05) is 23.8 Å². The minimum absolute atomic E-state index is 0.0569. The van der Waals surface area contributed by atoms with Crippen LogP contribution >= 0.6 is 11.6 Å². The van der Waals surface area contributed by atoms with Gasteiger partial charge in [-0.25, -0.2) is 0 Å². The molecule has 1 nitrogen and oxygen atoms in total. The first-order valence-corrected chi connectivity index (χ1v) is 4.55. The third kappa shape index (κ3) is 3.57. The quantitative estimate of drug-likeness (QED) is 0.836. The van der Waals surface area contributed by atoms with E-state index in [2.05, 4.69) is 0 Å². The van der Waals surface area contributed by atoms with E-state index in [1.165, 1.54) is 12.1 Å². The van der Waals surface area contributed by atoms with Gasteiger partial charge >= 0.3 is 6.18 Å². The molecule has 0 aromatic heterocycles. The van der Waals surface area contributed by atoms with E-state index in [4.69, 9.17) is 17.3 Å². The van der Waals surface area contributed by atoms with Gasteiger partial charge in [-0.3, -0.25) is 0 Å². The highest BCUT2D eigenvalue weighted by Crippen LogP contribution is 2.32. The van der Waals surface area contributed by atoms with Gasteiger partial charge in [0.1, 0.15) is 0 Å². The van der Waals surface area contributed by atoms with E-state index in [1.54, 1.807) is 6.08 Å². The summed E-state index contributed by atoms with van der Waals surface area (Å²) in [6, 6.07) is 3.36. The molecule has 0 saturated heterocycles. The van der Waals surface area contributed by atoms with Gasteiger partial charge in [0, 0.05) is 11.6 Å². The predicted octanol–water partition coefficient (Wildman–Crippen LogP) is 3.33. The maximum atomic E-state index is 12.4. The Morgan fingerprint density at radius 2 is 1.93 bits per heavy atom. The van der Waals surface area contributed by atoms with E-state index in [1.807, 2.05) is 0 Å². The summed E-state index contributed by atoms with van der Waals surface area (Å²) in [5.41, 5.74) is 4.83. The van der Waals surface area contributed by atoms with Crippen LogP contribution in [-0.2, 0) is 6.18 Å². The molecule has 1 aromatic rings. The molecule has 5 heteroatoms. The van der Waals surface area contributed by atoms with Gasteiger partial charge in [-0.05, 0) is 23.8 Å². The highest BCUT2D eigenvalue weighted by molar-refractivity contribution is 6.30. The molecule has 0 atom stereocenters. The maximum Gasteiger partial charge on any atom is 0.416 e. The largest absolute Gasteiger partial charge is 0.416 e. The average Bonchev–Trinajstić information content (AvgIpc) is 2.12. The average molecular weight is 236 g/mol. The summed E-state index contributed by atoms with van der Waals surface area (Å²) < 4.78 is 37.1. The van der Waals surface area contributed by atoms with Gasteiger partial charge in [0.05, 0.1) is 5.56 Å². The Morgan fingerprint density at radius 3 is 2.47 bits per heavy atom. The second-order valence-electron chi connectivity index (χ2n) is 2.91. The van der Waals surface area contributed by atoms with E-state index in [0.717, 1.165) is 12.1 Å². The van der Waals surface area contributed by atoms with Crippen molar-refractivity contribution in [1.29, 1.82) is 0 Å². The second kappa shape index (κ2) is 4.68. The molecule has 0 aliphatic heterocycles. The van der Waals surface area contributed by atoms with Crippen LogP contribution in [-0.4, -0.2) is 6.54 Å². The molecule has 0 heterocycles. The number of nitrogens with two attached hydrogens (primary N) is 1. The van der Waals surface area contributed by atoms with Crippen LogP contribution in [0.15, 0.2) is 24.3 Å². The van der Waals surface area contributed by atoms with Gasteiger partial charge < -0.3 is 5.73 Å². The molecule has 1 aromatic carbocycles. The van der Waals surface area contributed by atoms with E-state index in [9.17, 15) is 13.2 Å². The fourth-order valence-corrected chi connectivity index (χ4v) is 1.32. The number of hydrogen-bond donors (Lipinski definition) is 1. The Balaban J connectivity index is 3.11. The normalized spacial score (nSPS) is 12.3. The Labute approximate surface area is 90.3 Å². The van der Waals surface area contributed by atoms with Crippen LogP contribution in [0, 0.1) is 0 Å². The van der Waals surface area contributed by atoms with Crippen molar-refractivity contribution in [3.05, 3.63) is 40.4 Å². The summed E-state index contributed by atoms with van der Waals surface area (Å²) in [5, 5.41) is 0.0569. The minimum Gasteiger partial charge on any atom is -0.327 e. The molecular weight excluding hydrogens is 227 g/mol. The van der Waals surface area contributed by atoms with E-state index < -0.39 is 11.7 Å². The van der Waals surface area contributed by atoms with Gasteiger partial charge in [0.25, 0.3) is 0 Å². The van der Waals surface area contributed by atoms with Crippen molar-refractivity contribution in [2.75, 3.05) is 6.54 Å². The van der Waals surface area contributed by atoms with Crippen LogP contribution in [0.4, 0.5) is 13.2 Å². The van der Waals surface area contributed by atoms with E-state index in [0.29, 0.717) is 5.56 Å². The van der Waals surface area contributed by atoms with Crippen molar-refractivity contribution in [3.63, 3.8) is 0 Å². The summed E-state index contributed by atoms with van der Waals surface area (Å²) in [4.78, 5) is 0. The first-order valence-electron chi connectivity index (χ1n) is 4.18. The van der Waals surface area contributed by atoms with Crippen LogP contribution in [0.25, 0.3) is 6.08 Å². The summed E-state index contributed by atoms with van der Waals surface area (Å²) in [5.74, 6) is 0. The lowest BCUT2D eigenvalue weighted by molar-refractivity contribution is -0.137. The van der Waals surface area contributed by atoms with Gasteiger partial charge in [-0.2, -0.15) is 13.2 Å². The molecule has 0 saturated carbocycles. The lowest BCUT2D eigenvalue weighted by Gasteiger charge is -2.07. The molecule has 0 bridgehead atoms. The standard InChI is InChI=1S/C10H9ClF3N/c11-9-5-7(2-1-3-15)4-8(6-9)10(12,13)14/h1-2,4-6H,3,15H2. The zero-order chi connectivity index (χ0) is 11.5. The Kier molecular flexibility index (Phi) is 3.77. The third-order valence-electron chi connectivity index (χ3n) is 1.69. The van der Waals surface area contributed by atoms with Crippen LogP contribution in [0.3, 0.4) is 0 Å². The number of rotatable bonds is 2. The Bertz CT molecular complexity index is 371. The molecule has 0 fully saturated rings. The molecule has 2 N–H and O–H groups in total. The van der Waals surface area contributed by atoms with Gasteiger partial charge in [-0.15, -0.1) is 0 Å². The summed E-state index contributed by atoms with van der Waals surface area (Å²) in [6.07, 6.45) is -1.32. The van der Waals surface area contributed by atoms with Crippen molar-refractivity contribution < 1.29 is 13.2 Å². The van der Waals surface area contributed by atoms with Crippen LogP contribution in [0.1, 0.15) is 11.1 Å². The fraction of sp³-hybridized carbons (Fsp3) is 0.200. The highest BCUT2D eigenvalue weighted by Gasteiger charge is 2.30. The maximum absolute atomic E-state index is 12.4. The van der Waals surface area contributed by atoms with Crippen LogP contribution < -0.4 is 5.73 Å². The van der Waals surface area contributed by atoms with E-state index >= 15 is 0 Å². The molecule has 0 amide bonds. The zero-order valence-electron chi connectivity index (χ0n) is 7.68. The van der Waals surface area contributed by atoms with Gasteiger partial charge in [0.2, 0.25) is 0 Å². The second-order valence-corrected chi connectivity index (χ2v) is 3.35. The van der Waals surface area contributed by atoms with Crippen molar-refractivity contribution in [3.8, 4) is 0 Å². The summed E-state index contributed by atoms with van der Waals surface area (Å²) in [6.45, 7) is 0.272. The molecule has 1 rings (SSSR count). The van der Waals surface area contributed by atoms with Crippen LogP contribution in [0.5, 0.6) is 0 Å². The number of halogens is 4. The molecule has 82 valence electrons. The molecule has 0 aliphatic rings. The van der Waals surface area contributed by atoms with Crippen molar-refractivity contribution >= 4 is 17.7 Å². The monoisotopic (exact) mass is 235 g/mol. The molecular formula is C10H9ClF3N. The number of hydrogen-bond acceptors (Lipinski definition) is 1. The topological polar surface area (TPSA) is 26.0 Å². The first kappa shape index (κ1) is 12.1. The SMILES string of the molecule is NCC=Cc1cc(Cl)cc(C(F)(F)F)c1. The number of alkyl halides is 3. The van der Waals surface area contributed by atoms with Crippen molar-refractivity contribution in [1.82, 2.24) is 0 Å². The highest BCUT2D eigenvalue weighted by atomic mass is 35.5.